The lowest BCUT2D eigenvalue weighted by atomic mass is 10.1. The van der Waals surface area contributed by atoms with Crippen LogP contribution in [-0.2, 0) is 14.3 Å². The van der Waals surface area contributed by atoms with Crippen LogP contribution < -0.4 is 15.7 Å². The van der Waals surface area contributed by atoms with Gasteiger partial charge in [0.15, 0.2) is 12.7 Å². The van der Waals surface area contributed by atoms with Gasteiger partial charge in [0.05, 0.1) is 0 Å². The number of rotatable bonds is 6. The normalized spacial score (nSPS) is 11.7. The first-order chi connectivity index (χ1) is 13.8. The molecule has 7 nitrogen and oxygen atoms in total. The Morgan fingerprint density at radius 2 is 1.86 bits per heavy atom. The standard InChI is InChI=1S/C21H18ClNO6/c1-12-9-19(24)29-18-10-16(7-8-17(12)18)27-11-20(25)28-13(2)21(26)23-15-5-3-14(22)4-6-15/h3-10,13H,11H2,1-2H3,(H,23,26)/t13-/m0/s1. The number of carbonyl (C=O) groups excluding carboxylic acids is 2. The van der Waals surface area contributed by atoms with E-state index in [1.165, 1.54) is 19.1 Å². The lowest BCUT2D eigenvalue weighted by Crippen LogP contribution is -2.31. The van der Waals surface area contributed by atoms with Gasteiger partial charge >= 0.3 is 11.6 Å². The van der Waals surface area contributed by atoms with Gasteiger partial charge in [0.1, 0.15) is 11.3 Å². The number of fused-ring (bicyclic) bond motifs is 1. The van der Waals surface area contributed by atoms with Gasteiger partial charge in [0, 0.05) is 28.2 Å². The molecule has 3 aromatic rings. The lowest BCUT2D eigenvalue weighted by Gasteiger charge is -2.14. The first kappa shape index (κ1) is 20.4. The minimum atomic E-state index is -1.01. The fourth-order valence-corrected chi connectivity index (χ4v) is 2.73. The SMILES string of the molecule is Cc1cc(=O)oc2cc(OCC(=O)O[C@@H](C)C(=O)Nc3ccc(Cl)cc3)ccc12. The van der Waals surface area contributed by atoms with E-state index in [0.29, 0.717) is 22.0 Å². The highest BCUT2D eigenvalue weighted by molar-refractivity contribution is 6.30. The summed E-state index contributed by atoms with van der Waals surface area (Å²) in [6.45, 7) is 2.85. The number of anilines is 1. The van der Waals surface area contributed by atoms with Crippen LogP contribution >= 0.6 is 11.6 Å². The summed E-state index contributed by atoms with van der Waals surface area (Å²) < 4.78 is 15.6. The molecule has 8 heteroatoms. The zero-order valence-corrected chi connectivity index (χ0v) is 16.5. The van der Waals surface area contributed by atoms with Crippen LogP contribution in [0.1, 0.15) is 12.5 Å². The van der Waals surface area contributed by atoms with Crippen molar-refractivity contribution in [1.29, 1.82) is 0 Å². The van der Waals surface area contributed by atoms with Gasteiger partial charge in [-0.1, -0.05) is 11.6 Å². The van der Waals surface area contributed by atoms with Crippen LogP contribution in [0.4, 0.5) is 5.69 Å². The first-order valence-corrected chi connectivity index (χ1v) is 9.13. The molecule has 0 aliphatic heterocycles. The third-order valence-corrected chi connectivity index (χ3v) is 4.32. The van der Waals surface area contributed by atoms with Crippen LogP contribution in [0.15, 0.2) is 57.7 Å². The van der Waals surface area contributed by atoms with Crippen molar-refractivity contribution in [2.45, 2.75) is 20.0 Å². The van der Waals surface area contributed by atoms with Crippen molar-refractivity contribution in [3.05, 3.63) is 69.5 Å². The summed E-state index contributed by atoms with van der Waals surface area (Å²) in [6.07, 6.45) is -1.01. The van der Waals surface area contributed by atoms with Crippen molar-refractivity contribution in [2.24, 2.45) is 0 Å². The molecule has 0 unspecified atom stereocenters. The van der Waals surface area contributed by atoms with Crippen LogP contribution in [-0.4, -0.2) is 24.6 Å². The van der Waals surface area contributed by atoms with E-state index in [-0.39, 0.29) is 0 Å². The van der Waals surface area contributed by atoms with E-state index in [0.717, 1.165) is 10.9 Å². The number of hydrogen-bond donors (Lipinski definition) is 1. The summed E-state index contributed by atoms with van der Waals surface area (Å²) in [5.41, 5.74) is 1.21. The van der Waals surface area contributed by atoms with Crippen LogP contribution in [0.25, 0.3) is 11.0 Å². The van der Waals surface area contributed by atoms with Gasteiger partial charge in [-0.05, 0) is 55.8 Å². The highest BCUT2D eigenvalue weighted by atomic mass is 35.5. The predicted molar refractivity (Wildman–Crippen MR) is 108 cm³/mol. The van der Waals surface area contributed by atoms with Gasteiger partial charge in [-0.15, -0.1) is 0 Å². The number of benzene rings is 2. The van der Waals surface area contributed by atoms with E-state index in [1.807, 2.05) is 0 Å². The average Bonchev–Trinajstić information content (AvgIpc) is 2.67. The third-order valence-electron chi connectivity index (χ3n) is 4.07. The molecule has 1 heterocycles. The van der Waals surface area contributed by atoms with Crippen molar-refractivity contribution < 1.29 is 23.5 Å². The van der Waals surface area contributed by atoms with Crippen molar-refractivity contribution >= 4 is 40.1 Å². The van der Waals surface area contributed by atoms with Crippen molar-refractivity contribution in [1.82, 2.24) is 0 Å². The fraction of sp³-hybridized carbons (Fsp3) is 0.190. The largest absolute Gasteiger partial charge is 0.482 e. The molecular weight excluding hydrogens is 398 g/mol. The molecule has 150 valence electrons. The Hall–Kier alpha value is -3.32. The zero-order valence-electron chi connectivity index (χ0n) is 15.7. The molecule has 29 heavy (non-hydrogen) atoms. The van der Waals surface area contributed by atoms with E-state index in [9.17, 15) is 14.4 Å². The minimum Gasteiger partial charge on any atom is -0.482 e. The molecule has 0 aliphatic rings. The van der Waals surface area contributed by atoms with Crippen molar-refractivity contribution in [3.63, 3.8) is 0 Å². The topological polar surface area (TPSA) is 94.8 Å². The maximum absolute atomic E-state index is 12.1. The second-order valence-electron chi connectivity index (χ2n) is 6.32. The lowest BCUT2D eigenvalue weighted by molar-refractivity contribution is -0.155. The first-order valence-electron chi connectivity index (χ1n) is 8.75. The van der Waals surface area contributed by atoms with Gasteiger partial charge in [0.2, 0.25) is 0 Å². The smallest absolute Gasteiger partial charge is 0.344 e. The Balaban J connectivity index is 1.55. The van der Waals surface area contributed by atoms with Crippen LogP contribution in [0.2, 0.25) is 5.02 Å². The highest BCUT2D eigenvalue weighted by Crippen LogP contribution is 2.22. The van der Waals surface area contributed by atoms with E-state index in [1.54, 1.807) is 43.3 Å². The summed E-state index contributed by atoms with van der Waals surface area (Å²) in [5, 5.41) is 3.94. The number of amides is 1. The Kier molecular flexibility index (Phi) is 6.19. The predicted octanol–water partition coefficient (Wildman–Crippen LogP) is 3.70. The highest BCUT2D eigenvalue weighted by Gasteiger charge is 2.18. The van der Waals surface area contributed by atoms with Gasteiger partial charge in [-0.25, -0.2) is 9.59 Å². The van der Waals surface area contributed by atoms with Crippen molar-refractivity contribution in [3.8, 4) is 5.75 Å². The van der Waals surface area contributed by atoms with Crippen LogP contribution in [0.3, 0.4) is 0 Å². The summed E-state index contributed by atoms with van der Waals surface area (Å²) in [6, 6.07) is 12.8. The maximum Gasteiger partial charge on any atom is 0.344 e. The number of esters is 1. The number of halogens is 1. The molecule has 0 radical (unpaired) electrons. The number of hydrogen-bond acceptors (Lipinski definition) is 6. The van der Waals surface area contributed by atoms with E-state index < -0.39 is 30.2 Å². The third kappa shape index (κ3) is 5.36. The summed E-state index contributed by atoms with van der Waals surface area (Å²) in [5.74, 6) is -0.861. The average molecular weight is 416 g/mol. The molecule has 0 bridgehead atoms. The zero-order chi connectivity index (χ0) is 21.0. The Morgan fingerprint density at radius 1 is 1.14 bits per heavy atom. The molecular formula is C21H18ClNO6. The maximum atomic E-state index is 12.1. The van der Waals surface area contributed by atoms with E-state index in [2.05, 4.69) is 5.32 Å². The van der Waals surface area contributed by atoms with E-state index >= 15 is 0 Å². The molecule has 1 aromatic heterocycles. The van der Waals surface area contributed by atoms with Gasteiger partial charge < -0.3 is 19.2 Å². The van der Waals surface area contributed by atoms with Gasteiger partial charge in [-0.3, -0.25) is 4.79 Å². The van der Waals surface area contributed by atoms with Crippen LogP contribution in [0.5, 0.6) is 5.75 Å². The quantitative estimate of drug-likeness (QED) is 0.487. The molecule has 0 saturated carbocycles. The second-order valence-corrected chi connectivity index (χ2v) is 6.76. The Labute approximate surface area is 171 Å². The fourth-order valence-electron chi connectivity index (χ4n) is 2.60. The summed E-state index contributed by atoms with van der Waals surface area (Å²) in [4.78, 5) is 35.6. The second kappa shape index (κ2) is 8.79. The molecule has 2 aromatic carbocycles. The van der Waals surface area contributed by atoms with Gasteiger partial charge in [0.25, 0.3) is 5.91 Å². The Bertz CT molecular complexity index is 1110. The van der Waals surface area contributed by atoms with E-state index in [4.69, 9.17) is 25.5 Å². The molecule has 1 atom stereocenters. The number of carbonyl (C=O) groups is 2. The molecule has 3 rings (SSSR count). The van der Waals surface area contributed by atoms with Crippen LogP contribution in [0, 0.1) is 6.92 Å². The monoisotopic (exact) mass is 415 g/mol. The Morgan fingerprint density at radius 3 is 2.59 bits per heavy atom. The summed E-state index contributed by atoms with van der Waals surface area (Å²) >= 11 is 5.80. The molecule has 1 N–H and O–H groups in total. The molecule has 0 fully saturated rings. The molecule has 1 amide bonds. The number of ether oxygens (including phenoxy) is 2. The summed E-state index contributed by atoms with van der Waals surface area (Å²) in [7, 11) is 0. The van der Waals surface area contributed by atoms with Gasteiger partial charge in [-0.2, -0.15) is 0 Å². The molecule has 0 saturated heterocycles. The molecule has 0 spiro atoms. The number of nitrogens with one attached hydrogen (secondary N) is 1. The number of aryl methyl sites for hydroxylation is 1. The van der Waals surface area contributed by atoms with Crippen molar-refractivity contribution in [2.75, 3.05) is 11.9 Å². The molecule has 0 aliphatic carbocycles. The minimum absolute atomic E-state index is 0.335.